The number of hydrogen-bond donors (Lipinski definition) is 1. The van der Waals surface area contributed by atoms with Crippen LogP contribution in [-0.2, 0) is 11.2 Å². The number of ether oxygens (including phenoxy) is 1. The monoisotopic (exact) mass is 261 g/mol. The molecule has 1 unspecified atom stereocenters. The van der Waals surface area contributed by atoms with E-state index in [0.717, 1.165) is 38.9 Å². The third-order valence-corrected chi connectivity index (χ3v) is 4.82. The lowest BCUT2D eigenvalue weighted by Gasteiger charge is -2.27. The summed E-state index contributed by atoms with van der Waals surface area (Å²) in [5.74, 6) is 0. The van der Waals surface area contributed by atoms with Crippen molar-refractivity contribution < 1.29 is 4.74 Å². The van der Waals surface area contributed by atoms with E-state index in [1.54, 1.807) is 0 Å². The summed E-state index contributed by atoms with van der Waals surface area (Å²) in [4.78, 5) is 0. The molecule has 2 nitrogen and oxygen atoms in total. The zero-order valence-electron chi connectivity index (χ0n) is 10.5. The third kappa shape index (κ3) is 2.44. The zero-order valence-corrected chi connectivity index (χ0v) is 11.3. The molecule has 1 aromatic heterocycles. The Labute approximate surface area is 112 Å². The molecule has 0 amide bonds. The minimum absolute atomic E-state index is 0.0830. The molecule has 0 saturated carbocycles. The Kier molecular flexibility index (Phi) is 3.37. The molecule has 1 atom stereocenters. The van der Waals surface area contributed by atoms with Crippen molar-refractivity contribution in [2.24, 2.45) is 5.73 Å². The summed E-state index contributed by atoms with van der Waals surface area (Å²) < 4.78 is 6.88. The van der Waals surface area contributed by atoms with Crippen LogP contribution in [0.15, 0.2) is 29.6 Å². The highest BCUT2D eigenvalue weighted by atomic mass is 32.1. The molecule has 0 radical (unpaired) electrons. The smallest absolute Gasteiger partial charge is 0.0483 e. The van der Waals surface area contributed by atoms with Gasteiger partial charge in [0, 0.05) is 23.5 Å². The van der Waals surface area contributed by atoms with E-state index in [1.807, 2.05) is 11.3 Å². The molecule has 1 aliphatic heterocycles. The molecule has 3 rings (SSSR count). The highest BCUT2D eigenvalue weighted by Gasteiger charge is 2.27. The van der Waals surface area contributed by atoms with Crippen molar-refractivity contribution in [2.45, 2.75) is 31.2 Å². The molecule has 1 fully saturated rings. The summed E-state index contributed by atoms with van der Waals surface area (Å²) >= 11 is 1.82. The minimum Gasteiger partial charge on any atom is -0.381 e. The second kappa shape index (κ2) is 5.00. The molecule has 1 saturated heterocycles. The molecular formula is C15H19NOS. The molecule has 18 heavy (non-hydrogen) atoms. The molecule has 2 heterocycles. The predicted molar refractivity (Wildman–Crippen MR) is 77.1 cm³/mol. The van der Waals surface area contributed by atoms with Gasteiger partial charge in [-0.05, 0) is 48.1 Å². The number of thiophene rings is 1. The van der Waals surface area contributed by atoms with Gasteiger partial charge in [0.15, 0.2) is 0 Å². The fourth-order valence-electron chi connectivity index (χ4n) is 2.75. The van der Waals surface area contributed by atoms with Gasteiger partial charge in [-0.3, -0.25) is 0 Å². The van der Waals surface area contributed by atoms with Crippen molar-refractivity contribution >= 4 is 21.4 Å². The maximum absolute atomic E-state index is 6.57. The second-order valence-electron chi connectivity index (χ2n) is 5.26. The van der Waals surface area contributed by atoms with Crippen LogP contribution in [0.25, 0.3) is 10.1 Å². The molecule has 1 aromatic carbocycles. The minimum atomic E-state index is -0.0830. The van der Waals surface area contributed by atoms with Crippen molar-refractivity contribution in [1.82, 2.24) is 0 Å². The Morgan fingerprint density at radius 2 is 2.11 bits per heavy atom. The Balaban J connectivity index is 1.86. The van der Waals surface area contributed by atoms with E-state index in [2.05, 4.69) is 29.6 Å². The van der Waals surface area contributed by atoms with Crippen LogP contribution in [0.1, 0.15) is 24.8 Å². The fraction of sp³-hybridized carbons (Fsp3) is 0.467. The van der Waals surface area contributed by atoms with Gasteiger partial charge in [-0.2, -0.15) is 0 Å². The van der Waals surface area contributed by atoms with Gasteiger partial charge in [0.25, 0.3) is 0 Å². The SMILES string of the molecule is NC1(Cc2csc3ccccc23)CCCOCC1. The summed E-state index contributed by atoms with van der Waals surface area (Å²) in [7, 11) is 0. The Hall–Kier alpha value is -0.900. The molecule has 3 heteroatoms. The maximum atomic E-state index is 6.57. The summed E-state index contributed by atoms with van der Waals surface area (Å²) in [6, 6.07) is 8.60. The quantitative estimate of drug-likeness (QED) is 0.900. The summed E-state index contributed by atoms with van der Waals surface area (Å²) in [6.07, 6.45) is 4.09. The number of nitrogens with two attached hydrogens (primary N) is 1. The van der Waals surface area contributed by atoms with E-state index in [-0.39, 0.29) is 5.54 Å². The second-order valence-corrected chi connectivity index (χ2v) is 6.17. The number of rotatable bonds is 2. The third-order valence-electron chi connectivity index (χ3n) is 3.81. The maximum Gasteiger partial charge on any atom is 0.0483 e. The van der Waals surface area contributed by atoms with Gasteiger partial charge in [0.1, 0.15) is 0 Å². The van der Waals surface area contributed by atoms with Crippen LogP contribution in [0, 0.1) is 0 Å². The van der Waals surface area contributed by atoms with Crippen LogP contribution in [0.3, 0.4) is 0 Å². The van der Waals surface area contributed by atoms with Gasteiger partial charge >= 0.3 is 0 Å². The standard InChI is InChI=1S/C15H19NOS/c16-15(6-3-8-17-9-7-15)10-12-11-18-14-5-2-1-4-13(12)14/h1-2,4-5,11H,3,6-10,16H2. The molecule has 0 spiro atoms. The molecular weight excluding hydrogens is 242 g/mol. The van der Waals surface area contributed by atoms with Crippen LogP contribution in [0.5, 0.6) is 0 Å². The van der Waals surface area contributed by atoms with E-state index >= 15 is 0 Å². The summed E-state index contributed by atoms with van der Waals surface area (Å²) in [6.45, 7) is 1.67. The number of fused-ring (bicyclic) bond motifs is 1. The van der Waals surface area contributed by atoms with Crippen molar-refractivity contribution in [3.8, 4) is 0 Å². The fourth-order valence-corrected chi connectivity index (χ4v) is 3.72. The van der Waals surface area contributed by atoms with Crippen LogP contribution in [0.2, 0.25) is 0 Å². The Bertz CT molecular complexity index is 526. The normalized spacial score (nSPS) is 25.2. The zero-order chi connectivity index (χ0) is 12.4. The van der Waals surface area contributed by atoms with Crippen molar-refractivity contribution in [3.63, 3.8) is 0 Å². The number of benzene rings is 1. The Morgan fingerprint density at radius 1 is 1.22 bits per heavy atom. The Morgan fingerprint density at radius 3 is 3.06 bits per heavy atom. The lowest BCUT2D eigenvalue weighted by Crippen LogP contribution is -2.42. The van der Waals surface area contributed by atoms with Crippen molar-refractivity contribution in [2.75, 3.05) is 13.2 Å². The summed E-state index contributed by atoms with van der Waals surface area (Å²) in [5.41, 5.74) is 7.89. The highest BCUT2D eigenvalue weighted by molar-refractivity contribution is 7.17. The van der Waals surface area contributed by atoms with E-state index in [0.29, 0.717) is 0 Å². The summed E-state index contributed by atoms with van der Waals surface area (Å²) in [5, 5.41) is 3.64. The topological polar surface area (TPSA) is 35.2 Å². The van der Waals surface area contributed by atoms with E-state index in [9.17, 15) is 0 Å². The lowest BCUT2D eigenvalue weighted by molar-refractivity contribution is 0.139. The van der Waals surface area contributed by atoms with Gasteiger partial charge in [0.2, 0.25) is 0 Å². The van der Waals surface area contributed by atoms with Gasteiger partial charge in [-0.25, -0.2) is 0 Å². The first-order valence-corrected chi connectivity index (χ1v) is 7.47. The number of hydrogen-bond acceptors (Lipinski definition) is 3. The van der Waals surface area contributed by atoms with E-state index < -0.39 is 0 Å². The molecule has 1 aliphatic rings. The van der Waals surface area contributed by atoms with Crippen molar-refractivity contribution in [3.05, 3.63) is 35.2 Å². The van der Waals surface area contributed by atoms with E-state index in [4.69, 9.17) is 10.5 Å². The van der Waals surface area contributed by atoms with Gasteiger partial charge < -0.3 is 10.5 Å². The molecule has 0 aliphatic carbocycles. The van der Waals surface area contributed by atoms with Crippen LogP contribution in [-0.4, -0.2) is 18.8 Å². The molecule has 0 bridgehead atoms. The molecule has 2 aromatic rings. The first-order chi connectivity index (χ1) is 8.77. The lowest BCUT2D eigenvalue weighted by atomic mass is 9.85. The van der Waals surface area contributed by atoms with Crippen LogP contribution >= 0.6 is 11.3 Å². The molecule has 2 N–H and O–H groups in total. The predicted octanol–water partition coefficient (Wildman–Crippen LogP) is 3.34. The molecule has 96 valence electrons. The van der Waals surface area contributed by atoms with E-state index in [1.165, 1.54) is 15.6 Å². The first kappa shape index (κ1) is 12.2. The van der Waals surface area contributed by atoms with Crippen LogP contribution in [0.4, 0.5) is 0 Å². The van der Waals surface area contributed by atoms with Crippen molar-refractivity contribution in [1.29, 1.82) is 0 Å². The highest BCUT2D eigenvalue weighted by Crippen LogP contribution is 2.31. The van der Waals surface area contributed by atoms with Gasteiger partial charge in [-0.15, -0.1) is 11.3 Å². The van der Waals surface area contributed by atoms with Crippen LogP contribution < -0.4 is 5.73 Å². The van der Waals surface area contributed by atoms with Gasteiger partial charge in [0.05, 0.1) is 0 Å². The first-order valence-electron chi connectivity index (χ1n) is 6.59. The average molecular weight is 261 g/mol. The van der Waals surface area contributed by atoms with Gasteiger partial charge in [-0.1, -0.05) is 18.2 Å². The largest absolute Gasteiger partial charge is 0.381 e. The average Bonchev–Trinajstić information content (AvgIpc) is 2.64.